The summed E-state index contributed by atoms with van der Waals surface area (Å²) >= 11 is 0. The van der Waals surface area contributed by atoms with Gasteiger partial charge in [0, 0.05) is 13.6 Å². The maximum absolute atomic E-state index is 12.8. The summed E-state index contributed by atoms with van der Waals surface area (Å²) in [6.07, 6.45) is 4.50. The average Bonchev–Trinajstić information content (AvgIpc) is 3.11. The van der Waals surface area contributed by atoms with E-state index in [0.29, 0.717) is 18.9 Å². The standard InChI is InChI=1S/C15H19NO4S/c1-16(9-10-5-6-10)21(19,20)14-8-12(15(17)18)7-11-3-2-4-13(11)14/h7-8,10H,2-6,9H2,1H3,(H,17,18). The number of hydrogen-bond acceptors (Lipinski definition) is 3. The summed E-state index contributed by atoms with van der Waals surface area (Å²) in [6, 6.07) is 2.94. The Morgan fingerprint density at radius 2 is 2.05 bits per heavy atom. The van der Waals surface area contributed by atoms with Gasteiger partial charge in [-0.25, -0.2) is 17.5 Å². The molecule has 0 saturated heterocycles. The number of carboxylic acids is 1. The number of fused-ring (bicyclic) bond motifs is 1. The molecule has 0 radical (unpaired) electrons. The van der Waals surface area contributed by atoms with E-state index in [0.717, 1.165) is 36.8 Å². The van der Waals surface area contributed by atoms with Crippen LogP contribution in [0.5, 0.6) is 0 Å². The summed E-state index contributed by atoms with van der Waals surface area (Å²) < 4.78 is 26.9. The first-order valence-corrected chi connectivity index (χ1v) is 8.69. The molecular weight excluding hydrogens is 290 g/mol. The molecule has 0 amide bonds. The summed E-state index contributed by atoms with van der Waals surface area (Å²) in [4.78, 5) is 11.4. The zero-order chi connectivity index (χ0) is 15.2. The number of nitrogens with zero attached hydrogens (tertiary/aromatic N) is 1. The lowest BCUT2D eigenvalue weighted by molar-refractivity contribution is 0.0696. The topological polar surface area (TPSA) is 74.7 Å². The molecule has 2 aliphatic carbocycles. The van der Waals surface area contributed by atoms with Crippen LogP contribution in [-0.2, 0) is 22.9 Å². The van der Waals surface area contributed by atoms with Crippen LogP contribution in [0.15, 0.2) is 17.0 Å². The highest BCUT2D eigenvalue weighted by molar-refractivity contribution is 7.89. The minimum absolute atomic E-state index is 0.0639. The predicted molar refractivity (Wildman–Crippen MR) is 78.0 cm³/mol. The van der Waals surface area contributed by atoms with Crippen LogP contribution in [0.2, 0.25) is 0 Å². The minimum atomic E-state index is -3.61. The molecule has 0 aromatic heterocycles. The van der Waals surface area contributed by atoms with Crippen LogP contribution >= 0.6 is 0 Å². The number of rotatable bonds is 5. The molecule has 3 rings (SSSR count). The van der Waals surface area contributed by atoms with Crippen molar-refractivity contribution in [3.05, 3.63) is 28.8 Å². The van der Waals surface area contributed by atoms with Crippen LogP contribution in [0, 0.1) is 5.92 Å². The zero-order valence-electron chi connectivity index (χ0n) is 12.0. The van der Waals surface area contributed by atoms with E-state index in [2.05, 4.69) is 0 Å². The number of hydrogen-bond donors (Lipinski definition) is 1. The third-order valence-corrected chi connectivity index (χ3v) is 6.21. The quantitative estimate of drug-likeness (QED) is 0.901. The summed E-state index contributed by atoms with van der Waals surface area (Å²) in [5.74, 6) is -0.619. The highest BCUT2D eigenvalue weighted by atomic mass is 32.2. The summed E-state index contributed by atoms with van der Waals surface area (Å²) in [6.45, 7) is 0.522. The Balaban J connectivity index is 2.05. The van der Waals surface area contributed by atoms with Crippen LogP contribution < -0.4 is 0 Å². The number of benzene rings is 1. The Labute approximate surface area is 124 Å². The molecule has 1 aromatic rings. The number of aromatic carboxylic acids is 1. The largest absolute Gasteiger partial charge is 0.478 e. The van der Waals surface area contributed by atoms with Crippen LogP contribution in [0.1, 0.15) is 40.7 Å². The third-order valence-electron chi connectivity index (χ3n) is 4.32. The maximum atomic E-state index is 12.8. The first-order chi connectivity index (χ1) is 9.89. The maximum Gasteiger partial charge on any atom is 0.335 e. The molecule has 1 N–H and O–H groups in total. The zero-order valence-corrected chi connectivity index (χ0v) is 12.8. The molecule has 21 heavy (non-hydrogen) atoms. The summed E-state index contributed by atoms with van der Waals surface area (Å²) in [7, 11) is -2.02. The van der Waals surface area contributed by atoms with Gasteiger partial charge in [0.25, 0.3) is 0 Å². The molecule has 0 atom stereocenters. The molecule has 0 unspecified atom stereocenters. The fraction of sp³-hybridized carbons (Fsp3) is 0.533. The SMILES string of the molecule is CN(CC1CC1)S(=O)(=O)c1cc(C(=O)O)cc2c1CCC2. The lowest BCUT2D eigenvalue weighted by Gasteiger charge is -2.19. The van der Waals surface area contributed by atoms with Crippen LogP contribution in [0.3, 0.4) is 0 Å². The van der Waals surface area contributed by atoms with E-state index in [1.54, 1.807) is 13.1 Å². The Bertz CT molecular complexity index is 692. The van der Waals surface area contributed by atoms with Crippen molar-refractivity contribution in [3.63, 3.8) is 0 Å². The smallest absolute Gasteiger partial charge is 0.335 e. The van der Waals surface area contributed by atoms with Crippen molar-refractivity contribution in [2.75, 3.05) is 13.6 Å². The van der Waals surface area contributed by atoms with E-state index in [1.165, 1.54) is 10.4 Å². The molecule has 0 bridgehead atoms. The van der Waals surface area contributed by atoms with Crippen molar-refractivity contribution in [2.45, 2.75) is 37.0 Å². The Morgan fingerprint density at radius 1 is 1.33 bits per heavy atom. The van der Waals surface area contributed by atoms with Gasteiger partial charge in [0.15, 0.2) is 0 Å². The van der Waals surface area contributed by atoms with Crippen LogP contribution in [-0.4, -0.2) is 37.4 Å². The van der Waals surface area contributed by atoms with Gasteiger partial charge < -0.3 is 5.11 Å². The van der Waals surface area contributed by atoms with Crippen molar-refractivity contribution in [2.24, 2.45) is 5.92 Å². The van der Waals surface area contributed by atoms with Gasteiger partial charge in [-0.3, -0.25) is 0 Å². The summed E-state index contributed by atoms with van der Waals surface area (Å²) in [5, 5.41) is 9.19. The minimum Gasteiger partial charge on any atom is -0.478 e. The van der Waals surface area contributed by atoms with Gasteiger partial charge in [0.1, 0.15) is 0 Å². The number of carboxylic acid groups (broad SMARTS) is 1. The Kier molecular flexibility index (Phi) is 3.53. The second-order valence-corrected chi connectivity index (χ2v) is 8.01. The highest BCUT2D eigenvalue weighted by Gasteiger charge is 2.32. The highest BCUT2D eigenvalue weighted by Crippen LogP contribution is 2.34. The molecule has 0 heterocycles. The number of sulfonamides is 1. The first kappa shape index (κ1) is 14.5. The first-order valence-electron chi connectivity index (χ1n) is 7.25. The lowest BCUT2D eigenvalue weighted by Crippen LogP contribution is -2.30. The monoisotopic (exact) mass is 309 g/mol. The lowest BCUT2D eigenvalue weighted by atomic mass is 10.1. The molecule has 0 aliphatic heterocycles. The average molecular weight is 309 g/mol. The Hall–Kier alpha value is -1.40. The van der Waals surface area contributed by atoms with Gasteiger partial charge in [-0.1, -0.05) is 0 Å². The second kappa shape index (κ2) is 5.10. The molecule has 1 saturated carbocycles. The molecule has 5 nitrogen and oxygen atoms in total. The number of carbonyl (C=O) groups is 1. The van der Waals surface area contributed by atoms with Gasteiger partial charge in [-0.2, -0.15) is 0 Å². The van der Waals surface area contributed by atoms with E-state index in [-0.39, 0.29) is 10.5 Å². The fourth-order valence-corrected chi connectivity index (χ4v) is 4.51. The summed E-state index contributed by atoms with van der Waals surface area (Å²) in [5.41, 5.74) is 1.74. The van der Waals surface area contributed by atoms with E-state index < -0.39 is 16.0 Å². The third kappa shape index (κ3) is 2.70. The fourth-order valence-electron chi connectivity index (χ4n) is 2.95. The molecule has 6 heteroatoms. The molecule has 114 valence electrons. The molecular formula is C15H19NO4S. The van der Waals surface area contributed by atoms with Crippen molar-refractivity contribution in [1.29, 1.82) is 0 Å². The predicted octanol–water partition coefficient (Wildman–Crippen LogP) is 1.90. The molecule has 2 aliphatic rings. The van der Waals surface area contributed by atoms with Gasteiger partial charge in [-0.15, -0.1) is 0 Å². The van der Waals surface area contributed by atoms with Crippen molar-refractivity contribution in [3.8, 4) is 0 Å². The Morgan fingerprint density at radius 3 is 2.67 bits per heavy atom. The van der Waals surface area contributed by atoms with Gasteiger partial charge in [0.2, 0.25) is 10.0 Å². The second-order valence-electron chi connectivity index (χ2n) is 6.00. The van der Waals surface area contributed by atoms with Crippen LogP contribution in [0.25, 0.3) is 0 Å². The molecule has 0 spiro atoms. The van der Waals surface area contributed by atoms with E-state index >= 15 is 0 Å². The normalized spacial score (nSPS) is 18.0. The molecule has 1 fully saturated rings. The van der Waals surface area contributed by atoms with Crippen molar-refractivity contribution in [1.82, 2.24) is 4.31 Å². The van der Waals surface area contributed by atoms with Gasteiger partial charge >= 0.3 is 5.97 Å². The van der Waals surface area contributed by atoms with Crippen molar-refractivity contribution >= 4 is 16.0 Å². The van der Waals surface area contributed by atoms with Gasteiger partial charge in [0.05, 0.1) is 10.5 Å². The number of aryl methyl sites for hydroxylation is 1. The molecule has 1 aromatic carbocycles. The van der Waals surface area contributed by atoms with Crippen molar-refractivity contribution < 1.29 is 18.3 Å². The van der Waals surface area contributed by atoms with E-state index in [4.69, 9.17) is 0 Å². The van der Waals surface area contributed by atoms with E-state index in [1.807, 2.05) is 0 Å². The van der Waals surface area contributed by atoms with Gasteiger partial charge in [-0.05, 0) is 61.3 Å². The van der Waals surface area contributed by atoms with Crippen LogP contribution in [0.4, 0.5) is 0 Å². The van der Waals surface area contributed by atoms with E-state index in [9.17, 15) is 18.3 Å².